The summed E-state index contributed by atoms with van der Waals surface area (Å²) in [5.74, 6) is 0. The Morgan fingerprint density at radius 3 is 3.00 bits per heavy atom. The van der Waals surface area contributed by atoms with Crippen LogP contribution in [0.3, 0.4) is 0 Å². The fourth-order valence-corrected chi connectivity index (χ4v) is 2.01. The van der Waals surface area contributed by atoms with Gasteiger partial charge in [-0.3, -0.25) is 0 Å². The SMILES string of the molecule is CN1N=Cc2ccccc2S1=O. The predicted molar refractivity (Wildman–Crippen MR) is 48.2 cm³/mol. The molecule has 1 aromatic carbocycles. The van der Waals surface area contributed by atoms with Crippen LogP contribution in [0.4, 0.5) is 0 Å². The van der Waals surface area contributed by atoms with Gasteiger partial charge in [0.1, 0.15) is 0 Å². The van der Waals surface area contributed by atoms with Crippen LogP contribution in [0.15, 0.2) is 34.3 Å². The zero-order valence-corrected chi connectivity index (χ0v) is 7.41. The maximum Gasteiger partial charge on any atom is 0.169 e. The largest absolute Gasteiger partial charge is 0.230 e. The smallest absolute Gasteiger partial charge is 0.169 e. The first-order valence-electron chi connectivity index (χ1n) is 3.57. The number of fused-ring (bicyclic) bond motifs is 1. The van der Waals surface area contributed by atoms with Crippen LogP contribution >= 0.6 is 0 Å². The van der Waals surface area contributed by atoms with Gasteiger partial charge in [-0.2, -0.15) is 5.10 Å². The van der Waals surface area contributed by atoms with Crippen molar-refractivity contribution in [3.8, 4) is 0 Å². The second kappa shape index (κ2) is 2.71. The van der Waals surface area contributed by atoms with Crippen LogP contribution in [0.1, 0.15) is 5.56 Å². The fraction of sp³-hybridized carbons (Fsp3) is 0.125. The molecule has 0 bridgehead atoms. The van der Waals surface area contributed by atoms with E-state index < -0.39 is 11.0 Å². The topological polar surface area (TPSA) is 32.7 Å². The van der Waals surface area contributed by atoms with Crippen LogP contribution in [0, 0.1) is 0 Å². The number of hydrogen-bond donors (Lipinski definition) is 0. The number of benzene rings is 1. The fourth-order valence-electron chi connectivity index (χ4n) is 1.07. The Morgan fingerprint density at radius 2 is 2.17 bits per heavy atom. The lowest BCUT2D eigenvalue weighted by Crippen LogP contribution is -2.20. The third-order valence-corrected chi connectivity index (χ3v) is 3.03. The van der Waals surface area contributed by atoms with E-state index in [1.54, 1.807) is 13.3 Å². The van der Waals surface area contributed by atoms with Crippen LogP contribution in [-0.2, 0) is 11.0 Å². The molecule has 0 aromatic heterocycles. The van der Waals surface area contributed by atoms with Crippen molar-refractivity contribution in [3.63, 3.8) is 0 Å². The molecule has 1 aliphatic heterocycles. The van der Waals surface area contributed by atoms with E-state index >= 15 is 0 Å². The van der Waals surface area contributed by atoms with Gasteiger partial charge in [0, 0.05) is 12.6 Å². The number of rotatable bonds is 0. The van der Waals surface area contributed by atoms with Crippen molar-refractivity contribution in [2.24, 2.45) is 5.10 Å². The molecule has 1 aliphatic rings. The van der Waals surface area contributed by atoms with Gasteiger partial charge in [-0.15, -0.1) is 0 Å². The van der Waals surface area contributed by atoms with Crippen LogP contribution in [0.2, 0.25) is 0 Å². The summed E-state index contributed by atoms with van der Waals surface area (Å²) in [5.41, 5.74) is 0.939. The van der Waals surface area contributed by atoms with Gasteiger partial charge in [0.15, 0.2) is 11.0 Å². The van der Waals surface area contributed by atoms with Crippen molar-refractivity contribution in [3.05, 3.63) is 29.8 Å². The zero-order chi connectivity index (χ0) is 8.55. The van der Waals surface area contributed by atoms with E-state index in [0.29, 0.717) is 0 Å². The second-order valence-corrected chi connectivity index (χ2v) is 3.96. The highest BCUT2D eigenvalue weighted by molar-refractivity contribution is 7.82. The summed E-state index contributed by atoms with van der Waals surface area (Å²) in [5, 5.41) is 3.96. The molecule has 62 valence electrons. The third-order valence-electron chi connectivity index (χ3n) is 1.71. The van der Waals surface area contributed by atoms with Gasteiger partial charge >= 0.3 is 0 Å². The molecule has 12 heavy (non-hydrogen) atoms. The van der Waals surface area contributed by atoms with Gasteiger partial charge in [-0.05, 0) is 6.07 Å². The van der Waals surface area contributed by atoms with E-state index in [-0.39, 0.29) is 0 Å². The monoisotopic (exact) mass is 180 g/mol. The molecular weight excluding hydrogens is 172 g/mol. The Labute approximate surface area is 73.3 Å². The van der Waals surface area contributed by atoms with Gasteiger partial charge in [0.2, 0.25) is 0 Å². The molecule has 0 N–H and O–H groups in total. The van der Waals surface area contributed by atoms with Crippen LogP contribution in [0.25, 0.3) is 0 Å². The van der Waals surface area contributed by atoms with Gasteiger partial charge in [0.05, 0.1) is 11.1 Å². The van der Waals surface area contributed by atoms with Crippen LogP contribution in [-0.4, -0.2) is 21.9 Å². The highest BCUT2D eigenvalue weighted by atomic mass is 32.2. The minimum Gasteiger partial charge on any atom is -0.230 e. The van der Waals surface area contributed by atoms with Gasteiger partial charge in [0.25, 0.3) is 0 Å². The van der Waals surface area contributed by atoms with Crippen LogP contribution < -0.4 is 0 Å². The Balaban J connectivity index is 2.59. The Hall–Kier alpha value is -1.16. The maximum absolute atomic E-state index is 11.5. The summed E-state index contributed by atoms with van der Waals surface area (Å²) in [6, 6.07) is 7.55. The molecule has 0 radical (unpaired) electrons. The first-order chi connectivity index (χ1) is 5.79. The summed E-state index contributed by atoms with van der Waals surface area (Å²) in [6.45, 7) is 0. The average Bonchev–Trinajstić information content (AvgIpc) is 2.12. The minimum absolute atomic E-state index is 0.829. The van der Waals surface area contributed by atoms with Crippen molar-refractivity contribution in [1.82, 2.24) is 4.41 Å². The molecule has 0 spiro atoms. The van der Waals surface area contributed by atoms with E-state index in [1.807, 2.05) is 24.3 Å². The molecule has 1 atom stereocenters. The molecule has 0 fully saturated rings. The zero-order valence-electron chi connectivity index (χ0n) is 6.60. The number of hydrogen-bond acceptors (Lipinski definition) is 2. The highest BCUT2D eigenvalue weighted by Crippen LogP contribution is 2.17. The van der Waals surface area contributed by atoms with Gasteiger partial charge < -0.3 is 0 Å². The Bertz CT molecular complexity index is 362. The quantitative estimate of drug-likeness (QED) is 0.586. The lowest BCUT2D eigenvalue weighted by atomic mass is 10.2. The minimum atomic E-state index is -1.12. The summed E-state index contributed by atoms with van der Waals surface area (Å²) in [6.07, 6.45) is 1.72. The van der Waals surface area contributed by atoms with Crippen LogP contribution in [0.5, 0.6) is 0 Å². The predicted octanol–water partition coefficient (Wildman–Crippen LogP) is 0.988. The molecule has 0 aliphatic carbocycles. The Kier molecular flexibility index (Phi) is 1.69. The number of nitrogens with zero attached hydrogens (tertiary/aromatic N) is 2. The summed E-state index contributed by atoms with van der Waals surface area (Å²) in [7, 11) is 0.572. The molecule has 1 unspecified atom stereocenters. The van der Waals surface area contributed by atoms with Crippen molar-refractivity contribution in [1.29, 1.82) is 0 Å². The lowest BCUT2D eigenvalue weighted by molar-refractivity contribution is 0.553. The second-order valence-electron chi connectivity index (χ2n) is 2.50. The van der Waals surface area contributed by atoms with Crippen molar-refractivity contribution in [2.75, 3.05) is 7.05 Å². The molecular formula is C8H8N2OS. The first-order valence-corrected chi connectivity index (χ1v) is 4.68. The lowest BCUT2D eigenvalue weighted by Gasteiger charge is -2.17. The highest BCUT2D eigenvalue weighted by Gasteiger charge is 2.15. The maximum atomic E-state index is 11.5. The molecule has 1 heterocycles. The molecule has 3 nitrogen and oxygen atoms in total. The Morgan fingerprint density at radius 1 is 1.42 bits per heavy atom. The van der Waals surface area contributed by atoms with E-state index in [9.17, 15) is 4.21 Å². The molecule has 4 heteroatoms. The molecule has 0 amide bonds. The molecule has 2 rings (SSSR count). The average molecular weight is 180 g/mol. The molecule has 0 saturated carbocycles. The van der Waals surface area contributed by atoms with E-state index in [2.05, 4.69) is 5.10 Å². The molecule has 1 aromatic rings. The number of hydrazone groups is 1. The van der Waals surface area contributed by atoms with Gasteiger partial charge in [-0.25, -0.2) is 8.62 Å². The summed E-state index contributed by atoms with van der Waals surface area (Å²) < 4.78 is 13.0. The van der Waals surface area contributed by atoms with Gasteiger partial charge in [-0.1, -0.05) is 18.2 Å². The molecule has 0 saturated heterocycles. The first kappa shape index (κ1) is 7.49. The van der Waals surface area contributed by atoms with Crippen molar-refractivity contribution in [2.45, 2.75) is 4.90 Å². The van der Waals surface area contributed by atoms with Crippen molar-refractivity contribution < 1.29 is 4.21 Å². The summed E-state index contributed by atoms with van der Waals surface area (Å²) in [4.78, 5) is 0.829. The van der Waals surface area contributed by atoms with Crippen molar-refractivity contribution >= 4 is 17.2 Å². The van der Waals surface area contributed by atoms with E-state index in [1.165, 1.54) is 4.41 Å². The van der Waals surface area contributed by atoms with E-state index in [0.717, 1.165) is 10.5 Å². The summed E-state index contributed by atoms with van der Waals surface area (Å²) >= 11 is 0. The standard InChI is InChI=1S/C8H8N2OS/c1-10-9-6-7-4-2-3-5-8(7)12(10)11/h2-6H,1H3. The third kappa shape index (κ3) is 1.04. The van der Waals surface area contributed by atoms with E-state index in [4.69, 9.17) is 0 Å². The normalized spacial score (nSPS) is 20.8.